The molecule has 1 fully saturated rings. The average molecular weight is 407 g/mol. The first-order chi connectivity index (χ1) is 13.6. The number of anilines is 1. The minimum Gasteiger partial charge on any atom is -0.374 e. The van der Waals surface area contributed by atoms with E-state index < -0.39 is 5.76 Å². The van der Waals surface area contributed by atoms with Crippen LogP contribution in [0.15, 0.2) is 59.5 Å². The second-order valence-corrected chi connectivity index (χ2v) is 7.52. The van der Waals surface area contributed by atoms with Crippen LogP contribution in [0.2, 0.25) is 0 Å². The second kappa shape index (κ2) is 10.4. The van der Waals surface area contributed by atoms with Crippen molar-refractivity contribution in [3.05, 3.63) is 60.2 Å². The molecule has 8 heteroatoms. The number of rotatable bonds is 7. The molecule has 2 N–H and O–H groups in total. The predicted octanol–water partition coefficient (Wildman–Crippen LogP) is 4.02. The van der Waals surface area contributed by atoms with E-state index in [1.54, 1.807) is 18.2 Å². The van der Waals surface area contributed by atoms with Crippen molar-refractivity contribution >= 4 is 23.5 Å². The first-order valence-electron chi connectivity index (χ1n) is 9.06. The molecule has 2 aromatic rings. The van der Waals surface area contributed by atoms with Crippen molar-refractivity contribution in [1.29, 1.82) is 0 Å². The van der Waals surface area contributed by atoms with Gasteiger partial charge in [0.1, 0.15) is 0 Å². The first kappa shape index (κ1) is 20.6. The molecule has 1 heterocycles. The van der Waals surface area contributed by atoms with Crippen LogP contribution in [0.3, 0.4) is 0 Å². The number of alkyl halides is 2. The average Bonchev–Trinajstić information content (AvgIpc) is 2.67. The van der Waals surface area contributed by atoms with Gasteiger partial charge in [-0.15, -0.1) is 0 Å². The SMILES string of the molecule is O=C(NCC1CN(Cc2ccccc2)CCO1)Nc1cccc(SC(F)F)c1. The molecule has 0 spiro atoms. The highest BCUT2D eigenvalue weighted by Gasteiger charge is 2.21. The van der Waals surface area contributed by atoms with Crippen molar-refractivity contribution < 1.29 is 18.3 Å². The molecular weight excluding hydrogens is 384 g/mol. The molecular formula is C20H23F2N3O2S. The highest BCUT2D eigenvalue weighted by Crippen LogP contribution is 2.27. The maximum Gasteiger partial charge on any atom is 0.319 e. The van der Waals surface area contributed by atoms with Gasteiger partial charge in [-0.25, -0.2) is 4.79 Å². The number of carbonyl (C=O) groups excluding carboxylic acids is 1. The predicted molar refractivity (Wildman–Crippen MR) is 107 cm³/mol. The van der Waals surface area contributed by atoms with Gasteiger partial charge < -0.3 is 15.4 Å². The molecule has 150 valence electrons. The Morgan fingerprint density at radius 3 is 2.82 bits per heavy atom. The molecule has 5 nitrogen and oxygen atoms in total. The van der Waals surface area contributed by atoms with Crippen LogP contribution in [0.1, 0.15) is 5.56 Å². The normalized spacial score (nSPS) is 17.5. The van der Waals surface area contributed by atoms with E-state index in [1.807, 2.05) is 18.2 Å². The number of urea groups is 1. The lowest BCUT2D eigenvalue weighted by Gasteiger charge is -2.33. The Morgan fingerprint density at radius 1 is 1.21 bits per heavy atom. The van der Waals surface area contributed by atoms with Crippen molar-refractivity contribution in [3.63, 3.8) is 0 Å². The quantitative estimate of drug-likeness (QED) is 0.681. The summed E-state index contributed by atoms with van der Waals surface area (Å²) in [4.78, 5) is 14.8. The van der Waals surface area contributed by atoms with E-state index in [-0.39, 0.29) is 12.1 Å². The van der Waals surface area contributed by atoms with Gasteiger partial charge in [0.05, 0.1) is 12.7 Å². The van der Waals surface area contributed by atoms with Crippen molar-refractivity contribution in [2.45, 2.75) is 23.3 Å². The minimum absolute atomic E-state index is 0.0936. The molecule has 2 aromatic carbocycles. The van der Waals surface area contributed by atoms with Crippen LogP contribution in [0.25, 0.3) is 0 Å². The summed E-state index contributed by atoms with van der Waals surface area (Å²) >= 11 is 0.446. The van der Waals surface area contributed by atoms with Gasteiger partial charge in [-0.3, -0.25) is 4.90 Å². The Bertz CT molecular complexity index is 764. The van der Waals surface area contributed by atoms with E-state index >= 15 is 0 Å². The monoisotopic (exact) mass is 407 g/mol. The fourth-order valence-electron chi connectivity index (χ4n) is 3.02. The van der Waals surface area contributed by atoms with E-state index in [0.717, 1.165) is 19.6 Å². The number of nitrogens with one attached hydrogen (secondary N) is 2. The summed E-state index contributed by atoms with van der Waals surface area (Å²) in [6.07, 6.45) is -0.0936. The van der Waals surface area contributed by atoms with Crippen LogP contribution in [-0.2, 0) is 11.3 Å². The number of benzene rings is 2. The fourth-order valence-corrected chi connectivity index (χ4v) is 3.58. The zero-order valence-corrected chi connectivity index (χ0v) is 16.1. The van der Waals surface area contributed by atoms with Crippen LogP contribution in [-0.4, -0.2) is 49.0 Å². The number of halogens is 2. The Kier molecular flexibility index (Phi) is 7.64. The number of nitrogens with zero attached hydrogens (tertiary/aromatic N) is 1. The van der Waals surface area contributed by atoms with Crippen LogP contribution >= 0.6 is 11.8 Å². The maximum atomic E-state index is 12.5. The molecule has 3 rings (SSSR count). The third-order valence-corrected chi connectivity index (χ3v) is 4.98. The standard InChI is InChI=1S/C20H23F2N3O2S/c21-19(22)28-18-8-4-7-16(11-18)24-20(26)23-12-17-14-25(9-10-27-17)13-15-5-2-1-3-6-15/h1-8,11,17,19H,9-10,12-14H2,(H2,23,24,26). The van der Waals surface area contributed by atoms with Crippen LogP contribution in [0, 0.1) is 0 Å². The molecule has 1 unspecified atom stereocenters. The van der Waals surface area contributed by atoms with Gasteiger partial charge >= 0.3 is 6.03 Å². The molecule has 2 amide bonds. The summed E-state index contributed by atoms with van der Waals surface area (Å²) in [5.41, 5.74) is 1.72. The molecule has 0 aromatic heterocycles. The molecule has 28 heavy (non-hydrogen) atoms. The van der Waals surface area contributed by atoms with Gasteiger partial charge in [0.25, 0.3) is 5.76 Å². The van der Waals surface area contributed by atoms with Crippen molar-refractivity contribution in [2.75, 3.05) is 31.6 Å². The van der Waals surface area contributed by atoms with Gasteiger partial charge in [0, 0.05) is 36.8 Å². The van der Waals surface area contributed by atoms with Gasteiger partial charge in [-0.2, -0.15) is 8.78 Å². The van der Waals surface area contributed by atoms with Gasteiger partial charge in [0.15, 0.2) is 0 Å². The van der Waals surface area contributed by atoms with Crippen LogP contribution < -0.4 is 10.6 Å². The van der Waals surface area contributed by atoms with Gasteiger partial charge in [-0.1, -0.05) is 48.2 Å². The largest absolute Gasteiger partial charge is 0.374 e. The maximum absolute atomic E-state index is 12.5. The summed E-state index contributed by atoms with van der Waals surface area (Å²) in [5.74, 6) is -2.49. The smallest absolute Gasteiger partial charge is 0.319 e. The Balaban J connectivity index is 1.44. The van der Waals surface area contributed by atoms with Crippen molar-refractivity contribution in [2.24, 2.45) is 0 Å². The fraction of sp³-hybridized carbons (Fsp3) is 0.350. The molecule has 1 atom stereocenters. The molecule has 0 saturated carbocycles. The summed E-state index contributed by atoms with van der Waals surface area (Å²) < 4.78 is 30.7. The van der Waals surface area contributed by atoms with Crippen molar-refractivity contribution in [1.82, 2.24) is 10.2 Å². The number of amides is 2. The summed E-state index contributed by atoms with van der Waals surface area (Å²) in [5, 5.41) is 5.46. The van der Waals surface area contributed by atoms with Crippen LogP contribution in [0.5, 0.6) is 0 Å². The lowest BCUT2D eigenvalue weighted by Crippen LogP contribution is -2.47. The molecule has 1 aliphatic rings. The number of morpholine rings is 1. The summed E-state index contributed by atoms with van der Waals surface area (Å²) in [6.45, 7) is 3.43. The molecule has 1 aliphatic heterocycles. The summed E-state index contributed by atoms with van der Waals surface area (Å²) in [6, 6.07) is 16.2. The highest BCUT2D eigenvalue weighted by atomic mass is 32.2. The number of hydrogen-bond donors (Lipinski definition) is 2. The topological polar surface area (TPSA) is 53.6 Å². The zero-order chi connectivity index (χ0) is 19.8. The lowest BCUT2D eigenvalue weighted by atomic mass is 10.2. The zero-order valence-electron chi connectivity index (χ0n) is 15.3. The molecule has 0 radical (unpaired) electrons. The minimum atomic E-state index is -2.49. The number of carbonyl (C=O) groups is 1. The Morgan fingerprint density at radius 2 is 2.04 bits per heavy atom. The Hall–Kier alpha value is -2.16. The van der Waals surface area contributed by atoms with E-state index in [1.165, 1.54) is 11.6 Å². The van der Waals surface area contributed by atoms with E-state index in [4.69, 9.17) is 4.74 Å². The van der Waals surface area contributed by atoms with Crippen LogP contribution in [0.4, 0.5) is 19.3 Å². The van der Waals surface area contributed by atoms with Gasteiger partial charge in [0.2, 0.25) is 0 Å². The third kappa shape index (κ3) is 6.78. The Labute approximate surface area is 167 Å². The highest BCUT2D eigenvalue weighted by molar-refractivity contribution is 7.99. The number of ether oxygens (including phenoxy) is 1. The molecule has 0 aliphatic carbocycles. The third-order valence-electron chi connectivity index (χ3n) is 4.28. The van der Waals surface area contributed by atoms with E-state index in [9.17, 15) is 13.6 Å². The van der Waals surface area contributed by atoms with E-state index in [2.05, 4.69) is 27.7 Å². The van der Waals surface area contributed by atoms with E-state index in [0.29, 0.717) is 35.5 Å². The van der Waals surface area contributed by atoms with Crippen molar-refractivity contribution in [3.8, 4) is 0 Å². The summed E-state index contributed by atoms with van der Waals surface area (Å²) in [7, 11) is 0. The number of thioether (sulfide) groups is 1. The molecule has 0 bridgehead atoms. The number of hydrogen-bond acceptors (Lipinski definition) is 4. The molecule has 1 saturated heterocycles. The first-order valence-corrected chi connectivity index (χ1v) is 9.94. The second-order valence-electron chi connectivity index (χ2n) is 6.45. The van der Waals surface area contributed by atoms with Gasteiger partial charge in [-0.05, 0) is 23.8 Å². The lowest BCUT2D eigenvalue weighted by molar-refractivity contribution is -0.0285.